The number of rotatable bonds is 3. The largest absolute Gasteiger partial charge is 0.481 e. The van der Waals surface area contributed by atoms with Gasteiger partial charge in [0.05, 0.1) is 11.7 Å². The van der Waals surface area contributed by atoms with Crippen molar-refractivity contribution >= 4 is 11.9 Å². The minimum absolute atomic E-state index is 0.0281. The molecular formula is C16H16N2O5. The van der Waals surface area contributed by atoms with Gasteiger partial charge < -0.3 is 18.9 Å². The number of carbonyl (C=O) groups excluding carboxylic acids is 1. The number of aliphatic carboxylic acids is 1. The molecule has 23 heavy (non-hydrogen) atoms. The Morgan fingerprint density at radius 3 is 2.96 bits per heavy atom. The lowest BCUT2D eigenvalue weighted by Gasteiger charge is -2.22. The predicted octanol–water partition coefficient (Wildman–Crippen LogP) is 2.26. The van der Waals surface area contributed by atoms with E-state index in [1.807, 2.05) is 0 Å². The van der Waals surface area contributed by atoms with Crippen LogP contribution in [0.1, 0.15) is 29.8 Å². The highest BCUT2D eigenvalue weighted by atomic mass is 16.5. The SMILES string of the molecule is O=C(c1cc(-c2ccco2)on1)N1C[C@@H]2CCC[C@@]2(C(=O)O)C1. The number of carboxylic acid groups (broad SMARTS) is 1. The summed E-state index contributed by atoms with van der Waals surface area (Å²) in [6.07, 6.45) is 3.91. The third-order valence-electron chi connectivity index (χ3n) is 5.08. The van der Waals surface area contributed by atoms with Gasteiger partial charge in [0, 0.05) is 19.2 Å². The number of carbonyl (C=O) groups is 2. The second-order valence-electron chi connectivity index (χ2n) is 6.29. The summed E-state index contributed by atoms with van der Waals surface area (Å²) in [5.74, 6) is -0.184. The molecule has 7 nitrogen and oxygen atoms in total. The van der Waals surface area contributed by atoms with E-state index in [2.05, 4.69) is 5.16 Å². The Balaban J connectivity index is 1.56. The fraction of sp³-hybridized carbons (Fsp3) is 0.438. The van der Waals surface area contributed by atoms with E-state index in [1.54, 1.807) is 17.0 Å². The number of furan rings is 1. The summed E-state index contributed by atoms with van der Waals surface area (Å²) in [5.41, 5.74) is -0.611. The van der Waals surface area contributed by atoms with Gasteiger partial charge in [0.2, 0.25) is 5.76 Å². The number of nitrogens with zero attached hydrogens (tertiary/aromatic N) is 2. The maximum Gasteiger partial charge on any atom is 0.311 e. The molecule has 1 aliphatic heterocycles. The molecule has 1 saturated heterocycles. The number of amides is 1. The van der Waals surface area contributed by atoms with Gasteiger partial charge in [-0.15, -0.1) is 0 Å². The third-order valence-corrected chi connectivity index (χ3v) is 5.08. The van der Waals surface area contributed by atoms with E-state index < -0.39 is 11.4 Å². The smallest absolute Gasteiger partial charge is 0.311 e. The van der Waals surface area contributed by atoms with E-state index >= 15 is 0 Å². The standard InChI is InChI=1S/C16H16N2O5/c19-14(11-7-13(23-17-11)12-4-2-6-22-12)18-8-10-3-1-5-16(10,9-18)15(20)21/h2,4,6-7,10H,1,3,5,8-9H2,(H,20,21)/t10-,16+/m0/s1. The first-order valence-electron chi connectivity index (χ1n) is 7.63. The first-order chi connectivity index (χ1) is 11.1. The molecule has 3 heterocycles. The zero-order chi connectivity index (χ0) is 16.0. The molecule has 0 bridgehead atoms. The third kappa shape index (κ3) is 2.07. The number of likely N-dealkylation sites (tertiary alicyclic amines) is 1. The average molecular weight is 316 g/mol. The molecule has 2 atom stereocenters. The molecule has 1 amide bonds. The van der Waals surface area contributed by atoms with Crippen molar-refractivity contribution in [1.29, 1.82) is 0 Å². The van der Waals surface area contributed by atoms with Crippen LogP contribution in [0.25, 0.3) is 11.5 Å². The topological polar surface area (TPSA) is 96.8 Å². The van der Waals surface area contributed by atoms with Gasteiger partial charge in [0.1, 0.15) is 0 Å². The van der Waals surface area contributed by atoms with Crippen molar-refractivity contribution in [3.05, 3.63) is 30.2 Å². The maximum atomic E-state index is 12.6. The lowest BCUT2D eigenvalue weighted by molar-refractivity contribution is -0.149. The Morgan fingerprint density at radius 2 is 2.26 bits per heavy atom. The van der Waals surface area contributed by atoms with Crippen LogP contribution in [0.2, 0.25) is 0 Å². The highest BCUT2D eigenvalue weighted by molar-refractivity contribution is 5.94. The lowest BCUT2D eigenvalue weighted by atomic mass is 9.81. The second kappa shape index (κ2) is 4.97. The molecule has 0 radical (unpaired) electrons. The lowest BCUT2D eigenvalue weighted by Crippen LogP contribution is -2.37. The predicted molar refractivity (Wildman–Crippen MR) is 77.5 cm³/mol. The van der Waals surface area contributed by atoms with E-state index in [0.717, 1.165) is 12.8 Å². The monoisotopic (exact) mass is 316 g/mol. The van der Waals surface area contributed by atoms with Crippen LogP contribution in [0.4, 0.5) is 0 Å². The maximum absolute atomic E-state index is 12.6. The first kappa shape index (κ1) is 14.0. The van der Waals surface area contributed by atoms with Crippen LogP contribution in [-0.2, 0) is 4.79 Å². The second-order valence-corrected chi connectivity index (χ2v) is 6.29. The molecule has 120 valence electrons. The van der Waals surface area contributed by atoms with Crippen molar-refractivity contribution in [2.75, 3.05) is 13.1 Å². The summed E-state index contributed by atoms with van der Waals surface area (Å²) in [5, 5.41) is 13.4. The normalized spacial score (nSPS) is 26.4. The van der Waals surface area contributed by atoms with Gasteiger partial charge in [0.15, 0.2) is 11.5 Å². The quantitative estimate of drug-likeness (QED) is 0.933. The van der Waals surface area contributed by atoms with E-state index in [1.165, 1.54) is 12.3 Å². The number of hydrogen-bond acceptors (Lipinski definition) is 5. The minimum Gasteiger partial charge on any atom is -0.481 e. The summed E-state index contributed by atoms with van der Waals surface area (Å²) in [6.45, 7) is 0.711. The fourth-order valence-corrected chi connectivity index (χ4v) is 3.87. The highest BCUT2D eigenvalue weighted by Gasteiger charge is 2.56. The molecule has 2 fully saturated rings. The summed E-state index contributed by atoms with van der Waals surface area (Å²) in [6, 6.07) is 4.97. The van der Waals surface area contributed by atoms with Crippen LogP contribution >= 0.6 is 0 Å². The Hall–Kier alpha value is -2.57. The van der Waals surface area contributed by atoms with Crippen LogP contribution in [-0.4, -0.2) is 40.1 Å². The zero-order valence-electron chi connectivity index (χ0n) is 12.4. The molecular weight excluding hydrogens is 300 g/mol. The summed E-state index contributed by atoms with van der Waals surface area (Å²) in [4.78, 5) is 25.9. The Morgan fingerprint density at radius 1 is 1.39 bits per heavy atom. The summed E-state index contributed by atoms with van der Waals surface area (Å²) >= 11 is 0. The first-order valence-corrected chi connectivity index (χ1v) is 7.63. The number of carboxylic acids is 1. The van der Waals surface area contributed by atoms with E-state index in [0.29, 0.717) is 24.5 Å². The average Bonchev–Trinajstić information content (AvgIpc) is 3.27. The van der Waals surface area contributed by atoms with Gasteiger partial charge in [-0.1, -0.05) is 11.6 Å². The van der Waals surface area contributed by atoms with Crippen molar-refractivity contribution in [1.82, 2.24) is 10.1 Å². The number of aromatic nitrogens is 1. The molecule has 1 saturated carbocycles. The molecule has 4 rings (SSSR count). The molecule has 1 N–H and O–H groups in total. The van der Waals surface area contributed by atoms with Gasteiger partial charge in [-0.05, 0) is 30.9 Å². The van der Waals surface area contributed by atoms with Gasteiger partial charge >= 0.3 is 5.97 Å². The molecule has 7 heteroatoms. The zero-order valence-corrected chi connectivity index (χ0v) is 12.4. The summed E-state index contributed by atoms with van der Waals surface area (Å²) in [7, 11) is 0. The Labute approximate surface area is 131 Å². The van der Waals surface area contributed by atoms with Gasteiger partial charge in [-0.3, -0.25) is 9.59 Å². The van der Waals surface area contributed by atoms with Crippen molar-refractivity contribution in [2.45, 2.75) is 19.3 Å². The van der Waals surface area contributed by atoms with Crippen LogP contribution in [0.3, 0.4) is 0 Å². The van der Waals surface area contributed by atoms with E-state index in [9.17, 15) is 14.7 Å². The Kier molecular flexibility index (Phi) is 3.04. The Bertz CT molecular complexity index is 750. The molecule has 1 aliphatic carbocycles. The molecule has 0 unspecified atom stereocenters. The molecule has 2 aromatic rings. The highest BCUT2D eigenvalue weighted by Crippen LogP contribution is 2.49. The van der Waals surface area contributed by atoms with Gasteiger partial charge in [-0.25, -0.2) is 0 Å². The fourth-order valence-electron chi connectivity index (χ4n) is 3.87. The summed E-state index contributed by atoms with van der Waals surface area (Å²) < 4.78 is 10.4. The number of fused-ring (bicyclic) bond motifs is 1. The van der Waals surface area contributed by atoms with E-state index in [4.69, 9.17) is 8.94 Å². The van der Waals surface area contributed by atoms with Crippen LogP contribution in [0.5, 0.6) is 0 Å². The van der Waals surface area contributed by atoms with Crippen molar-refractivity contribution in [2.24, 2.45) is 11.3 Å². The van der Waals surface area contributed by atoms with Crippen molar-refractivity contribution in [3.63, 3.8) is 0 Å². The van der Waals surface area contributed by atoms with Crippen LogP contribution in [0.15, 0.2) is 33.4 Å². The molecule has 2 aromatic heterocycles. The van der Waals surface area contributed by atoms with E-state index in [-0.39, 0.29) is 24.1 Å². The van der Waals surface area contributed by atoms with Crippen molar-refractivity contribution < 1.29 is 23.6 Å². The van der Waals surface area contributed by atoms with Gasteiger partial charge in [-0.2, -0.15) is 0 Å². The molecule has 0 spiro atoms. The van der Waals surface area contributed by atoms with Crippen molar-refractivity contribution in [3.8, 4) is 11.5 Å². The molecule has 0 aromatic carbocycles. The van der Waals surface area contributed by atoms with Crippen LogP contribution < -0.4 is 0 Å². The molecule has 2 aliphatic rings. The minimum atomic E-state index is -0.799. The van der Waals surface area contributed by atoms with Gasteiger partial charge in [0.25, 0.3) is 5.91 Å². The number of hydrogen-bond donors (Lipinski definition) is 1. The van der Waals surface area contributed by atoms with Crippen LogP contribution in [0, 0.1) is 11.3 Å².